The molecular formula is C15H12ClN3O3S. The second kappa shape index (κ2) is 6.47. The van der Waals surface area contributed by atoms with Crippen molar-refractivity contribution in [2.24, 2.45) is 0 Å². The summed E-state index contributed by atoms with van der Waals surface area (Å²) in [5.41, 5.74) is 1.38. The van der Waals surface area contributed by atoms with Crippen molar-refractivity contribution in [2.45, 2.75) is 20.5 Å². The number of hydrogen-bond acceptors (Lipinski definition) is 7. The maximum absolute atomic E-state index is 12.0. The van der Waals surface area contributed by atoms with E-state index in [1.807, 2.05) is 13.0 Å². The fourth-order valence-corrected chi connectivity index (χ4v) is 2.98. The normalized spacial score (nSPS) is 10.7. The van der Waals surface area contributed by atoms with Gasteiger partial charge in [-0.3, -0.25) is 0 Å². The molecule has 0 aliphatic heterocycles. The summed E-state index contributed by atoms with van der Waals surface area (Å²) in [4.78, 5) is 20.9. The molecule has 1 aromatic carbocycles. The number of benzene rings is 1. The molecule has 0 unspecified atom stereocenters. The van der Waals surface area contributed by atoms with Crippen molar-refractivity contribution in [1.82, 2.24) is 15.1 Å². The molecule has 2 heterocycles. The van der Waals surface area contributed by atoms with Crippen molar-refractivity contribution in [3.05, 3.63) is 50.8 Å². The molecular weight excluding hydrogens is 338 g/mol. The van der Waals surface area contributed by atoms with Crippen LogP contribution in [0, 0.1) is 13.8 Å². The third-order valence-electron chi connectivity index (χ3n) is 2.97. The minimum Gasteiger partial charge on any atom is -0.451 e. The summed E-state index contributed by atoms with van der Waals surface area (Å²) in [6.07, 6.45) is 0. The molecule has 0 saturated heterocycles. The summed E-state index contributed by atoms with van der Waals surface area (Å²) in [5.74, 6) is 0.159. The Morgan fingerprint density at radius 1 is 1.35 bits per heavy atom. The molecule has 0 bridgehead atoms. The van der Waals surface area contributed by atoms with Crippen LogP contribution in [0.15, 0.2) is 28.8 Å². The highest BCUT2D eigenvalue weighted by atomic mass is 35.5. The number of aryl methyl sites for hydroxylation is 2. The summed E-state index contributed by atoms with van der Waals surface area (Å²) in [5, 5.41) is 5.25. The van der Waals surface area contributed by atoms with E-state index < -0.39 is 5.97 Å². The van der Waals surface area contributed by atoms with E-state index in [1.165, 1.54) is 11.3 Å². The zero-order valence-corrected chi connectivity index (χ0v) is 13.9. The number of hydrogen-bond donors (Lipinski definition) is 0. The van der Waals surface area contributed by atoms with Crippen molar-refractivity contribution >= 4 is 28.9 Å². The van der Waals surface area contributed by atoms with Crippen LogP contribution in [0.25, 0.3) is 11.4 Å². The number of esters is 1. The molecule has 0 saturated carbocycles. The number of aromatic nitrogens is 3. The van der Waals surface area contributed by atoms with Gasteiger partial charge in [0.25, 0.3) is 5.89 Å². The van der Waals surface area contributed by atoms with Gasteiger partial charge < -0.3 is 9.26 Å². The third kappa shape index (κ3) is 3.57. The lowest BCUT2D eigenvalue weighted by atomic mass is 10.2. The van der Waals surface area contributed by atoms with Crippen LogP contribution in [0.4, 0.5) is 0 Å². The summed E-state index contributed by atoms with van der Waals surface area (Å²) in [6, 6.07) is 7.09. The average Bonchev–Trinajstić information content (AvgIpc) is 3.11. The maximum atomic E-state index is 12.0. The van der Waals surface area contributed by atoms with Crippen molar-refractivity contribution in [3.63, 3.8) is 0 Å². The first-order valence-electron chi connectivity index (χ1n) is 6.72. The van der Waals surface area contributed by atoms with Gasteiger partial charge >= 0.3 is 5.97 Å². The van der Waals surface area contributed by atoms with Crippen LogP contribution in [-0.4, -0.2) is 21.1 Å². The minimum absolute atomic E-state index is 0.0945. The predicted molar refractivity (Wildman–Crippen MR) is 85.5 cm³/mol. The van der Waals surface area contributed by atoms with Gasteiger partial charge in [-0.2, -0.15) is 4.98 Å². The molecule has 3 rings (SSSR count). The van der Waals surface area contributed by atoms with E-state index in [4.69, 9.17) is 20.9 Å². The monoisotopic (exact) mass is 349 g/mol. The van der Waals surface area contributed by atoms with Crippen molar-refractivity contribution in [2.75, 3.05) is 0 Å². The Morgan fingerprint density at radius 3 is 2.87 bits per heavy atom. The van der Waals surface area contributed by atoms with E-state index >= 15 is 0 Å². The van der Waals surface area contributed by atoms with Crippen LogP contribution >= 0.6 is 22.9 Å². The van der Waals surface area contributed by atoms with E-state index in [0.717, 1.165) is 10.6 Å². The fraction of sp³-hybridized carbons (Fsp3) is 0.200. The Hall–Kier alpha value is -2.25. The van der Waals surface area contributed by atoms with Crippen molar-refractivity contribution in [1.29, 1.82) is 0 Å². The van der Waals surface area contributed by atoms with E-state index in [9.17, 15) is 4.79 Å². The number of ether oxygens (including phenoxy) is 1. The zero-order chi connectivity index (χ0) is 16.4. The van der Waals surface area contributed by atoms with Gasteiger partial charge in [0, 0.05) is 10.6 Å². The molecule has 0 radical (unpaired) electrons. The quantitative estimate of drug-likeness (QED) is 0.666. The highest BCUT2D eigenvalue weighted by Crippen LogP contribution is 2.21. The number of rotatable bonds is 4. The molecule has 0 aliphatic rings. The van der Waals surface area contributed by atoms with Gasteiger partial charge in [-0.1, -0.05) is 28.9 Å². The summed E-state index contributed by atoms with van der Waals surface area (Å²) >= 11 is 7.22. The largest absolute Gasteiger partial charge is 0.451 e. The van der Waals surface area contributed by atoms with Crippen LogP contribution in [0.1, 0.15) is 26.3 Å². The lowest BCUT2D eigenvalue weighted by Gasteiger charge is -1.99. The Bertz CT molecular complexity index is 859. The SMILES string of the molecule is Cc1nc(C)c(C(=O)OCc2nc(-c3cccc(Cl)c3)no2)s1. The molecule has 8 heteroatoms. The Kier molecular flexibility index (Phi) is 4.40. The molecule has 0 fully saturated rings. The first kappa shape index (κ1) is 15.6. The predicted octanol–water partition coefficient (Wildman–Crippen LogP) is 3.82. The molecule has 118 valence electrons. The number of carbonyl (C=O) groups excluding carboxylic acids is 1. The first-order chi connectivity index (χ1) is 11.0. The maximum Gasteiger partial charge on any atom is 0.350 e. The molecule has 2 aromatic heterocycles. The lowest BCUT2D eigenvalue weighted by Crippen LogP contribution is -2.05. The topological polar surface area (TPSA) is 78.1 Å². The van der Waals surface area contributed by atoms with Gasteiger partial charge in [0.15, 0.2) is 6.61 Å². The average molecular weight is 350 g/mol. The number of halogens is 1. The standard InChI is InChI=1S/C15H12ClN3O3S/c1-8-13(23-9(2)17-8)15(20)21-7-12-18-14(19-22-12)10-4-3-5-11(16)6-10/h3-6H,7H2,1-2H3. The van der Waals surface area contributed by atoms with Gasteiger partial charge in [-0.05, 0) is 26.0 Å². The van der Waals surface area contributed by atoms with E-state index in [1.54, 1.807) is 25.1 Å². The fourth-order valence-electron chi connectivity index (χ4n) is 1.97. The minimum atomic E-state index is -0.449. The van der Waals surface area contributed by atoms with Gasteiger partial charge in [-0.15, -0.1) is 11.3 Å². The molecule has 6 nitrogen and oxygen atoms in total. The Morgan fingerprint density at radius 2 is 2.17 bits per heavy atom. The molecule has 0 atom stereocenters. The number of thiazole rings is 1. The van der Waals surface area contributed by atoms with Crippen LogP contribution in [0.2, 0.25) is 5.02 Å². The van der Waals surface area contributed by atoms with Crippen molar-refractivity contribution in [3.8, 4) is 11.4 Å². The Balaban J connectivity index is 1.68. The lowest BCUT2D eigenvalue weighted by molar-refractivity contribution is 0.0434. The van der Waals surface area contributed by atoms with Gasteiger partial charge in [0.1, 0.15) is 4.88 Å². The van der Waals surface area contributed by atoms with E-state index in [2.05, 4.69) is 15.1 Å². The highest BCUT2D eigenvalue weighted by molar-refractivity contribution is 7.13. The second-order valence-corrected chi connectivity index (χ2v) is 6.39. The van der Waals surface area contributed by atoms with Crippen LogP contribution in [-0.2, 0) is 11.3 Å². The molecule has 23 heavy (non-hydrogen) atoms. The zero-order valence-electron chi connectivity index (χ0n) is 12.4. The van der Waals surface area contributed by atoms with Gasteiger partial charge in [-0.25, -0.2) is 9.78 Å². The summed E-state index contributed by atoms with van der Waals surface area (Å²) < 4.78 is 10.3. The van der Waals surface area contributed by atoms with E-state index in [0.29, 0.717) is 21.4 Å². The molecule has 0 spiro atoms. The Labute approximate surface area is 141 Å². The van der Waals surface area contributed by atoms with Crippen molar-refractivity contribution < 1.29 is 14.1 Å². The number of carbonyl (C=O) groups is 1. The van der Waals surface area contributed by atoms with Crippen LogP contribution in [0.5, 0.6) is 0 Å². The van der Waals surface area contributed by atoms with Crippen LogP contribution in [0.3, 0.4) is 0 Å². The third-order valence-corrected chi connectivity index (χ3v) is 4.25. The first-order valence-corrected chi connectivity index (χ1v) is 7.92. The smallest absolute Gasteiger partial charge is 0.350 e. The molecule has 0 N–H and O–H groups in total. The highest BCUT2D eigenvalue weighted by Gasteiger charge is 2.17. The molecule has 0 amide bonds. The molecule has 0 aliphatic carbocycles. The van der Waals surface area contributed by atoms with Crippen LogP contribution < -0.4 is 0 Å². The molecule has 3 aromatic rings. The summed E-state index contributed by atoms with van der Waals surface area (Å²) in [7, 11) is 0. The van der Waals surface area contributed by atoms with E-state index in [-0.39, 0.29) is 12.5 Å². The number of nitrogens with zero attached hydrogens (tertiary/aromatic N) is 3. The summed E-state index contributed by atoms with van der Waals surface area (Å²) in [6.45, 7) is 3.51. The van der Waals surface area contributed by atoms with Gasteiger partial charge in [0.05, 0.1) is 10.7 Å². The second-order valence-electron chi connectivity index (χ2n) is 4.75. The van der Waals surface area contributed by atoms with Gasteiger partial charge in [0.2, 0.25) is 5.82 Å².